The van der Waals surface area contributed by atoms with Crippen molar-refractivity contribution in [2.45, 2.75) is 16.7 Å². The number of carbonyl (C=O) groups is 1. The van der Waals surface area contributed by atoms with Crippen LogP contribution in [0.3, 0.4) is 0 Å². The highest BCUT2D eigenvalue weighted by molar-refractivity contribution is 7.99. The van der Waals surface area contributed by atoms with Gasteiger partial charge in [-0.15, -0.1) is 11.8 Å². The second-order valence-corrected chi connectivity index (χ2v) is 8.98. The van der Waals surface area contributed by atoms with E-state index in [2.05, 4.69) is 10.0 Å². The van der Waals surface area contributed by atoms with E-state index in [1.807, 2.05) is 19.1 Å². The Morgan fingerprint density at radius 2 is 1.62 bits per heavy atom. The Morgan fingerprint density at radius 3 is 2.31 bits per heavy atom. The van der Waals surface area contributed by atoms with Gasteiger partial charge in [0.1, 0.15) is 5.82 Å². The van der Waals surface area contributed by atoms with Gasteiger partial charge in [-0.05, 0) is 54.3 Å². The molecule has 5 nitrogen and oxygen atoms in total. The van der Waals surface area contributed by atoms with E-state index < -0.39 is 15.8 Å². The second-order valence-electron chi connectivity index (χ2n) is 5.99. The van der Waals surface area contributed by atoms with Crippen LogP contribution in [0.1, 0.15) is 17.3 Å². The van der Waals surface area contributed by atoms with Crippen LogP contribution in [0.4, 0.5) is 15.8 Å². The monoisotopic (exact) mass is 430 g/mol. The van der Waals surface area contributed by atoms with Crippen LogP contribution in [0.2, 0.25) is 0 Å². The topological polar surface area (TPSA) is 75.3 Å². The molecule has 0 saturated carbocycles. The first kappa shape index (κ1) is 20.9. The maximum absolute atomic E-state index is 13.7. The minimum atomic E-state index is -3.95. The molecule has 0 aliphatic rings. The van der Waals surface area contributed by atoms with Crippen LogP contribution in [0.25, 0.3) is 0 Å². The molecular formula is C21H19FN2O3S2. The summed E-state index contributed by atoms with van der Waals surface area (Å²) in [6.45, 7) is 2.01. The van der Waals surface area contributed by atoms with Gasteiger partial charge in [0.2, 0.25) is 0 Å². The van der Waals surface area contributed by atoms with Crippen LogP contribution in [-0.4, -0.2) is 20.1 Å². The zero-order chi connectivity index (χ0) is 20.9. The number of anilines is 2. The van der Waals surface area contributed by atoms with Crippen LogP contribution < -0.4 is 10.0 Å². The molecule has 0 aliphatic heterocycles. The summed E-state index contributed by atoms with van der Waals surface area (Å²) in [5, 5.41) is 2.77. The first-order valence-electron chi connectivity index (χ1n) is 8.81. The third-order valence-electron chi connectivity index (χ3n) is 3.97. The number of hydrogen-bond acceptors (Lipinski definition) is 4. The number of thioether (sulfide) groups is 1. The molecule has 2 N–H and O–H groups in total. The number of amides is 1. The molecule has 3 aromatic rings. The molecular weight excluding hydrogens is 411 g/mol. The van der Waals surface area contributed by atoms with E-state index in [0.717, 1.165) is 10.6 Å². The number of rotatable bonds is 7. The molecule has 0 unspecified atom stereocenters. The van der Waals surface area contributed by atoms with Crippen molar-refractivity contribution in [3.8, 4) is 0 Å². The van der Waals surface area contributed by atoms with E-state index in [9.17, 15) is 17.6 Å². The molecule has 0 spiro atoms. The first-order valence-corrected chi connectivity index (χ1v) is 11.3. The quantitative estimate of drug-likeness (QED) is 0.518. The van der Waals surface area contributed by atoms with Crippen molar-refractivity contribution < 1.29 is 17.6 Å². The zero-order valence-electron chi connectivity index (χ0n) is 15.6. The average Bonchev–Trinajstić information content (AvgIpc) is 2.71. The van der Waals surface area contributed by atoms with Crippen LogP contribution in [0.15, 0.2) is 82.6 Å². The van der Waals surface area contributed by atoms with Crippen LogP contribution in [0, 0.1) is 5.82 Å². The van der Waals surface area contributed by atoms with Gasteiger partial charge in [0.05, 0.1) is 16.1 Å². The summed E-state index contributed by atoms with van der Waals surface area (Å²) in [5.41, 5.74) is 0.878. The first-order chi connectivity index (χ1) is 13.9. The Hall–Kier alpha value is -2.84. The fraction of sp³-hybridized carbons (Fsp3) is 0.0952. The number of halogens is 1. The van der Waals surface area contributed by atoms with Crippen LogP contribution >= 0.6 is 11.8 Å². The Morgan fingerprint density at radius 1 is 0.966 bits per heavy atom. The van der Waals surface area contributed by atoms with Crippen molar-refractivity contribution in [2.75, 3.05) is 15.8 Å². The fourth-order valence-electron chi connectivity index (χ4n) is 2.60. The van der Waals surface area contributed by atoms with Crippen molar-refractivity contribution in [3.05, 3.63) is 84.2 Å². The molecule has 0 radical (unpaired) electrons. The Bertz CT molecular complexity index is 1120. The zero-order valence-corrected chi connectivity index (χ0v) is 17.2. The van der Waals surface area contributed by atoms with E-state index in [4.69, 9.17) is 0 Å². The number of benzene rings is 3. The minimum absolute atomic E-state index is 0.0410. The highest BCUT2D eigenvalue weighted by Crippen LogP contribution is 2.24. The Balaban J connectivity index is 1.75. The fourth-order valence-corrected chi connectivity index (χ4v) is 4.47. The molecule has 0 bridgehead atoms. The number of nitrogens with one attached hydrogen (secondary N) is 2. The Labute approximate surface area is 173 Å². The smallest absolute Gasteiger partial charge is 0.261 e. The van der Waals surface area contributed by atoms with Gasteiger partial charge in [-0.1, -0.05) is 31.2 Å². The number of hydrogen-bond donors (Lipinski definition) is 2. The summed E-state index contributed by atoms with van der Waals surface area (Å²) >= 11 is 1.57. The molecule has 3 rings (SSSR count). The van der Waals surface area contributed by atoms with E-state index in [0.29, 0.717) is 11.3 Å². The van der Waals surface area contributed by atoms with E-state index in [1.165, 1.54) is 48.5 Å². The average molecular weight is 431 g/mol. The predicted molar refractivity (Wildman–Crippen MR) is 114 cm³/mol. The van der Waals surface area contributed by atoms with Gasteiger partial charge >= 0.3 is 0 Å². The molecule has 0 aliphatic carbocycles. The number of sulfonamides is 1. The maximum atomic E-state index is 13.7. The van der Waals surface area contributed by atoms with Gasteiger partial charge in [0.25, 0.3) is 15.9 Å². The Kier molecular flexibility index (Phi) is 6.56. The summed E-state index contributed by atoms with van der Waals surface area (Å²) in [5.74, 6) is -0.100. The van der Waals surface area contributed by atoms with Crippen molar-refractivity contribution in [3.63, 3.8) is 0 Å². The lowest BCUT2D eigenvalue weighted by Gasteiger charge is -2.11. The van der Waals surface area contributed by atoms with Gasteiger partial charge < -0.3 is 5.32 Å². The third kappa shape index (κ3) is 5.16. The molecule has 0 heterocycles. The highest BCUT2D eigenvalue weighted by Gasteiger charge is 2.17. The van der Waals surface area contributed by atoms with Gasteiger partial charge in [-0.2, -0.15) is 0 Å². The lowest BCUT2D eigenvalue weighted by atomic mass is 10.2. The largest absolute Gasteiger partial charge is 0.322 e. The molecule has 8 heteroatoms. The molecule has 29 heavy (non-hydrogen) atoms. The molecule has 0 aromatic heterocycles. The minimum Gasteiger partial charge on any atom is -0.322 e. The lowest BCUT2D eigenvalue weighted by molar-refractivity contribution is 0.102. The van der Waals surface area contributed by atoms with E-state index >= 15 is 0 Å². The summed E-state index contributed by atoms with van der Waals surface area (Å²) in [6, 6.07) is 18.5. The van der Waals surface area contributed by atoms with Gasteiger partial charge in [0.15, 0.2) is 0 Å². The SMILES string of the molecule is CCSc1ccccc1C(=O)Nc1ccc(S(=O)(=O)Nc2ccccc2F)cc1. The lowest BCUT2D eigenvalue weighted by Crippen LogP contribution is -2.15. The summed E-state index contributed by atoms with van der Waals surface area (Å²) < 4.78 is 40.8. The molecule has 3 aromatic carbocycles. The van der Waals surface area contributed by atoms with Crippen molar-refractivity contribution >= 4 is 39.1 Å². The molecule has 1 amide bonds. The van der Waals surface area contributed by atoms with Gasteiger partial charge in [-0.25, -0.2) is 12.8 Å². The van der Waals surface area contributed by atoms with Crippen molar-refractivity contribution in [1.82, 2.24) is 0 Å². The van der Waals surface area contributed by atoms with Gasteiger partial charge in [-0.3, -0.25) is 9.52 Å². The third-order valence-corrected chi connectivity index (χ3v) is 6.31. The number of para-hydroxylation sites is 1. The van der Waals surface area contributed by atoms with E-state index in [1.54, 1.807) is 23.9 Å². The van der Waals surface area contributed by atoms with E-state index in [-0.39, 0.29) is 16.5 Å². The molecule has 0 atom stereocenters. The second kappa shape index (κ2) is 9.11. The molecule has 0 saturated heterocycles. The summed E-state index contributed by atoms with van der Waals surface area (Å²) in [6.07, 6.45) is 0. The highest BCUT2D eigenvalue weighted by atomic mass is 32.2. The summed E-state index contributed by atoms with van der Waals surface area (Å²) in [7, 11) is -3.95. The van der Waals surface area contributed by atoms with Crippen molar-refractivity contribution in [2.24, 2.45) is 0 Å². The predicted octanol–water partition coefficient (Wildman–Crippen LogP) is 4.99. The number of carbonyl (C=O) groups excluding carboxylic acids is 1. The van der Waals surface area contributed by atoms with Crippen LogP contribution in [-0.2, 0) is 10.0 Å². The molecule has 150 valence electrons. The van der Waals surface area contributed by atoms with Gasteiger partial charge in [0, 0.05) is 10.6 Å². The van der Waals surface area contributed by atoms with Crippen LogP contribution in [0.5, 0.6) is 0 Å². The van der Waals surface area contributed by atoms with Crippen molar-refractivity contribution in [1.29, 1.82) is 0 Å². The standard InChI is InChI=1S/C21H19FN2O3S2/c1-2-28-20-10-6-3-7-17(20)21(25)23-15-11-13-16(14-12-15)29(26,27)24-19-9-5-4-8-18(19)22/h3-14,24H,2H2,1H3,(H,23,25). The summed E-state index contributed by atoms with van der Waals surface area (Å²) in [4.78, 5) is 13.4. The normalized spacial score (nSPS) is 11.1. The maximum Gasteiger partial charge on any atom is 0.261 e. The molecule has 0 fully saturated rings.